The molecule has 0 atom stereocenters. The van der Waals surface area contributed by atoms with Gasteiger partial charge in [-0.05, 0) is 19.1 Å². The third-order valence-electron chi connectivity index (χ3n) is 1.91. The fraction of sp³-hybridized carbons (Fsp3) is 0.100. The zero-order chi connectivity index (χ0) is 11.5. The van der Waals surface area contributed by atoms with E-state index in [1.807, 2.05) is 0 Å². The van der Waals surface area contributed by atoms with Crippen molar-refractivity contribution < 1.29 is 9.32 Å². The molecular formula is C10H10N4O2. The molecule has 0 aromatic carbocycles. The van der Waals surface area contributed by atoms with E-state index < -0.39 is 0 Å². The SMILES string of the molecule is Cc1cc(NC(=O)c2ccc(N)nc2)on1. The number of rotatable bonds is 2. The van der Waals surface area contributed by atoms with Crippen LogP contribution in [0, 0.1) is 6.92 Å². The first-order valence-corrected chi connectivity index (χ1v) is 4.61. The van der Waals surface area contributed by atoms with Crippen molar-refractivity contribution in [2.75, 3.05) is 11.1 Å². The summed E-state index contributed by atoms with van der Waals surface area (Å²) in [4.78, 5) is 15.5. The molecule has 0 fully saturated rings. The largest absolute Gasteiger partial charge is 0.384 e. The summed E-state index contributed by atoms with van der Waals surface area (Å²) in [6.45, 7) is 1.77. The average molecular weight is 218 g/mol. The van der Waals surface area contributed by atoms with Crippen molar-refractivity contribution >= 4 is 17.6 Å². The molecule has 0 aliphatic carbocycles. The van der Waals surface area contributed by atoms with Crippen LogP contribution in [0.3, 0.4) is 0 Å². The van der Waals surface area contributed by atoms with Crippen LogP contribution in [-0.2, 0) is 0 Å². The Bertz CT molecular complexity index is 504. The molecule has 2 aromatic heterocycles. The minimum Gasteiger partial charge on any atom is -0.384 e. The molecule has 0 aliphatic rings. The predicted molar refractivity (Wildman–Crippen MR) is 57.8 cm³/mol. The number of nitrogens with zero attached hydrogens (tertiary/aromatic N) is 2. The van der Waals surface area contributed by atoms with Gasteiger partial charge in [0.2, 0.25) is 5.88 Å². The van der Waals surface area contributed by atoms with Gasteiger partial charge in [0.15, 0.2) is 0 Å². The fourth-order valence-electron chi connectivity index (χ4n) is 1.15. The number of anilines is 2. The molecule has 0 radical (unpaired) electrons. The summed E-state index contributed by atoms with van der Waals surface area (Å²) < 4.78 is 4.85. The van der Waals surface area contributed by atoms with Crippen LogP contribution in [0.4, 0.5) is 11.7 Å². The standard InChI is InChI=1S/C10H10N4O2/c1-6-4-9(16-14-6)13-10(15)7-2-3-8(11)12-5-7/h2-5H,1H3,(H2,11,12)(H,13,15). The third kappa shape index (κ3) is 2.17. The van der Waals surface area contributed by atoms with Gasteiger partial charge in [-0.1, -0.05) is 5.16 Å². The molecule has 0 saturated carbocycles. The van der Waals surface area contributed by atoms with Crippen LogP contribution in [-0.4, -0.2) is 16.0 Å². The number of nitrogens with one attached hydrogen (secondary N) is 1. The second-order valence-electron chi connectivity index (χ2n) is 3.26. The van der Waals surface area contributed by atoms with E-state index in [4.69, 9.17) is 10.3 Å². The van der Waals surface area contributed by atoms with Crippen LogP contribution in [0.15, 0.2) is 28.9 Å². The van der Waals surface area contributed by atoms with Gasteiger partial charge in [0, 0.05) is 12.3 Å². The highest BCUT2D eigenvalue weighted by Gasteiger charge is 2.09. The summed E-state index contributed by atoms with van der Waals surface area (Å²) in [7, 11) is 0. The van der Waals surface area contributed by atoms with Crippen molar-refractivity contribution in [2.24, 2.45) is 0 Å². The molecule has 0 saturated heterocycles. The van der Waals surface area contributed by atoms with Gasteiger partial charge in [0.25, 0.3) is 5.91 Å². The van der Waals surface area contributed by atoms with Gasteiger partial charge < -0.3 is 10.3 Å². The highest BCUT2D eigenvalue weighted by Crippen LogP contribution is 2.10. The Hall–Kier alpha value is -2.37. The molecule has 0 bridgehead atoms. The lowest BCUT2D eigenvalue weighted by Crippen LogP contribution is -2.11. The van der Waals surface area contributed by atoms with E-state index in [-0.39, 0.29) is 5.91 Å². The third-order valence-corrected chi connectivity index (χ3v) is 1.91. The van der Waals surface area contributed by atoms with Crippen LogP contribution < -0.4 is 11.1 Å². The smallest absolute Gasteiger partial charge is 0.259 e. The quantitative estimate of drug-likeness (QED) is 0.790. The van der Waals surface area contributed by atoms with Gasteiger partial charge in [-0.15, -0.1) is 0 Å². The van der Waals surface area contributed by atoms with Crippen molar-refractivity contribution in [1.82, 2.24) is 10.1 Å². The van der Waals surface area contributed by atoms with E-state index in [1.54, 1.807) is 25.1 Å². The van der Waals surface area contributed by atoms with Crippen LogP contribution >= 0.6 is 0 Å². The molecule has 2 rings (SSSR count). The van der Waals surface area contributed by atoms with Gasteiger partial charge in [0.05, 0.1) is 11.3 Å². The van der Waals surface area contributed by atoms with Gasteiger partial charge in [-0.25, -0.2) is 4.98 Å². The number of hydrogen-bond donors (Lipinski definition) is 2. The second kappa shape index (κ2) is 4.01. The minimum absolute atomic E-state index is 0.305. The van der Waals surface area contributed by atoms with Crippen LogP contribution in [0.5, 0.6) is 0 Å². The molecule has 16 heavy (non-hydrogen) atoms. The van der Waals surface area contributed by atoms with E-state index in [9.17, 15) is 4.79 Å². The van der Waals surface area contributed by atoms with E-state index in [0.717, 1.165) is 0 Å². The summed E-state index contributed by atoms with van der Waals surface area (Å²) in [6, 6.07) is 4.77. The van der Waals surface area contributed by atoms with Crippen LogP contribution in [0.1, 0.15) is 16.1 Å². The zero-order valence-corrected chi connectivity index (χ0v) is 8.60. The lowest BCUT2D eigenvalue weighted by molar-refractivity contribution is 0.102. The molecule has 6 heteroatoms. The first-order valence-electron chi connectivity index (χ1n) is 4.61. The monoisotopic (exact) mass is 218 g/mol. The summed E-state index contributed by atoms with van der Waals surface area (Å²) in [5.74, 6) is 0.357. The van der Waals surface area contributed by atoms with Crippen molar-refractivity contribution in [3.63, 3.8) is 0 Å². The number of aryl methyl sites for hydroxylation is 1. The topological polar surface area (TPSA) is 94.0 Å². The van der Waals surface area contributed by atoms with E-state index in [2.05, 4.69) is 15.5 Å². The van der Waals surface area contributed by atoms with E-state index in [1.165, 1.54) is 6.20 Å². The van der Waals surface area contributed by atoms with Crippen molar-refractivity contribution in [3.05, 3.63) is 35.7 Å². The van der Waals surface area contributed by atoms with Crippen LogP contribution in [0.2, 0.25) is 0 Å². The lowest BCUT2D eigenvalue weighted by Gasteiger charge is -2.00. The summed E-state index contributed by atoms with van der Waals surface area (Å²) >= 11 is 0. The van der Waals surface area contributed by atoms with Gasteiger partial charge in [-0.3, -0.25) is 10.1 Å². The number of nitrogens with two attached hydrogens (primary N) is 1. The Kier molecular flexibility index (Phi) is 2.55. The van der Waals surface area contributed by atoms with Crippen molar-refractivity contribution in [3.8, 4) is 0 Å². The summed E-state index contributed by atoms with van der Waals surface area (Å²) in [5, 5.41) is 6.20. The molecule has 3 N–H and O–H groups in total. The molecule has 2 aromatic rings. The lowest BCUT2D eigenvalue weighted by atomic mass is 10.2. The number of hydrogen-bond acceptors (Lipinski definition) is 5. The molecule has 0 unspecified atom stereocenters. The molecule has 2 heterocycles. The number of amides is 1. The molecule has 1 amide bonds. The zero-order valence-electron chi connectivity index (χ0n) is 8.60. The molecule has 82 valence electrons. The maximum absolute atomic E-state index is 11.7. The predicted octanol–water partition coefficient (Wildman–Crippen LogP) is 1.21. The number of pyridine rings is 1. The average Bonchev–Trinajstić information content (AvgIpc) is 2.65. The van der Waals surface area contributed by atoms with Crippen LogP contribution in [0.25, 0.3) is 0 Å². The number of nitrogen functional groups attached to an aromatic ring is 1. The minimum atomic E-state index is -0.316. The maximum atomic E-state index is 11.7. The number of aromatic nitrogens is 2. The summed E-state index contributed by atoms with van der Waals surface area (Å²) in [6.07, 6.45) is 1.40. The Morgan fingerprint density at radius 1 is 1.50 bits per heavy atom. The van der Waals surface area contributed by atoms with Crippen molar-refractivity contribution in [2.45, 2.75) is 6.92 Å². The summed E-state index contributed by atoms with van der Waals surface area (Å²) in [5.41, 5.74) is 6.52. The van der Waals surface area contributed by atoms with Crippen molar-refractivity contribution in [1.29, 1.82) is 0 Å². The Labute approximate surface area is 91.5 Å². The van der Waals surface area contributed by atoms with E-state index in [0.29, 0.717) is 23.0 Å². The highest BCUT2D eigenvalue weighted by atomic mass is 16.5. The van der Waals surface area contributed by atoms with Gasteiger partial charge >= 0.3 is 0 Å². The first kappa shape index (κ1) is 10.2. The normalized spacial score (nSPS) is 10.1. The molecule has 0 spiro atoms. The van der Waals surface area contributed by atoms with E-state index >= 15 is 0 Å². The molecule has 6 nitrogen and oxygen atoms in total. The Morgan fingerprint density at radius 2 is 2.31 bits per heavy atom. The maximum Gasteiger partial charge on any atom is 0.259 e. The fourth-order valence-corrected chi connectivity index (χ4v) is 1.15. The second-order valence-corrected chi connectivity index (χ2v) is 3.26. The molecular weight excluding hydrogens is 208 g/mol. The molecule has 0 aliphatic heterocycles. The Morgan fingerprint density at radius 3 is 2.88 bits per heavy atom. The highest BCUT2D eigenvalue weighted by molar-refractivity contribution is 6.03. The number of carbonyl (C=O) groups is 1. The van der Waals surface area contributed by atoms with Gasteiger partial charge in [-0.2, -0.15) is 0 Å². The number of carbonyl (C=O) groups excluding carboxylic acids is 1. The first-order chi connectivity index (χ1) is 7.65. The van der Waals surface area contributed by atoms with Gasteiger partial charge in [0.1, 0.15) is 5.82 Å². The Balaban J connectivity index is 2.11.